The molecule has 1 aliphatic carbocycles. The van der Waals surface area contributed by atoms with Crippen LogP contribution >= 0.6 is 0 Å². The van der Waals surface area contributed by atoms with E-state index < -0.39 is 0 Å². The smallest absolute Gasteiger partial charge is 0.185 e. The van der Waals surface area contributed by atoms with Crippen LogP contribution in [-0.2, 0) is 5.41 Å². The monoisotopic (exact) mass is 454 g/mol. The van der Waals surface area contributed by atoms with Gasteiger partial charge >= 0.3 is 0 Å². The van der Waals surface area contributed by atoms with Gasteiger partial charge in [0.25, 0.3) is 0 Å². The summed E-state index contributed by atoms with van der Waals surface area (Å²) >= 11 is 0. The van der Waals surface area contributed by atoms with Crippen LogP contribution in [0.15, 0.2) is 125 Å². The first-order chi connectivity index (χ1) is 17.4. The Bertz CT molecular complexity index is 1600. The zero-order chi connectivity index (χ0) is 23.0. The van der Waals surface area contributed by atoms with Crippen LogP contribution in [0.2, 0.25) is 0 Å². The van der Waals surface area contributed by atoms with Gasteiger partial charge in [-0.05, 0) is 40.1 Å². The molecule has 0 fully saturated rings. The SMILES string of the molecule is C1=C[N+]2=C(C1c1cccc3ccccc13)C1c3ccccc3C2CC1(c1ccoc1)c1ccoc1. The van der Waals surface area contributed by atoms with Gasteiger partial charge in [-0.3, -0.25) is 0 Å². The first kappa shape index (κ1) is 19.2. The van der Waals surface area contributed by atoms with Gasteiger partial charge in [0.1, 0.15) is 0 Å². The van der Waals surface area contributed by atoms with Crippen LogP contribution in [0.4, 0.5) is 0 Å². The lowest BCUT2D eigenvalue weighted by Crippen LogP contribution is -2.52. The first-order valence-corrected chi connectivity index (χ1v) is 12.3. The third-order valence-electron chi connectivity index (χ3n) is 8.59. The Morgan fingerprint density at radius 3 is 2.17 bits per heavy atom. The van der Waals surface area contributed by atoms with Crippen molar-refractivity contribution >= 4 is 16.5 Å². The highest BCUT2D eigenvalue weighted by molar-refractivity contribution is 6.02. The predicted molar refractivity (Wildman–Crippen MR) is 136 cm³/mol. The van der Waals surface area contributed by atoms with Crippen LogP contribution in [0.3, 0.4) is 0 Å². The van der Waals surface area contributed by atoms with Crippen LogP contribution in [0.5, 0.6) is 0 Å². The molecule has 5 aromatic rings. The highest BCUT2D eigenvalue weighted by Gasteiger charge is 2.63. The third kappa shape index (κ3) is 2.43. The number of allylic oxidation sites excluding steroid dienone is 1. The van der Waals surface area contributed by atoms with E-state index in [-0.39, 0.29) is 23.3 Å². The van der Waals surface area contributed by atoms with Gasteiger partial charge in [0, 0.05) is 28.5 Å². The maximum atomic E-state index is 5.70. The molecule has 0 saturated heterocycles. The molecule has 3 nitrogen and oxygen atoms in total. The van der Waals surface area contributed by atoms with Crippen molar-refractivity contribution in [2.45, 2.75) is 29.7 Å². The van der Waals surface area contributed by atoms with E-state index in [9.17, 15) is 0 Å². The van der Waals surface area contributed by atoms with Gasteiger partial charge in [0.2, 0.25) is 0 Å². The van der Waals surface area contributed by atoms with Crippen molar-refractivity contribution in [3.05, 3.63) is 144 Å². The summed E-state index contributed by atoms with van der Waals surface area (Å²) in [4.78, 5) is 0. The fraction of sp³-hybridized carbons (Fsp3) is 0.156. The van der Waals surface area contributed by atoms with Crippen LogP contribution in [0.1, 0.15) is 52.1 Å². The number of rotatable bonds is 3. The molecule has 3 aliphatic heterocycles. The Hall–Kier alpha value is -4.11. The van der Waals surface area contributed by atoms with E-state index in [1.54, 1.807) is 0 Å². The number of furan rings is 2. The highest BCUT2D eigenvalue weighted by atomic mass is 16.3. The normalized spacial score (nSPS) is 23.6. The largest absolute Gasteiger partial charge is 0.472 e. The molecule has 3 aromatic carbocycles. The number of benzene rings is 3. The summed E-state index contributed by atoms with van der Waals surface area (Å²) in [5.74, 6) is 0.373. The number of fused-ring (bicyclic) bond motifs is 2. The Balaban J connectivity index is 1.42. The van der Waals surface area contributed by atoms with Crippen molar-refractivity contribution in [3.8, 4) is 0 Å². The number of nitrogens with zero attached hydrogens (tertiary/aromatic N) is 1. The van der Waals surface area contributed by atoms with Crippen molar-refractivity contribution in [1.82, 2.24) is 0 Å². The van der Waals surface area contributed by atoms with E-state index in [2.05, 4.69) is 95.7 Å². The molecule has 168 valence electrons. The van der Waals surface area contributed by atoms with Crippen LogP contribution in [-0.4, -0.2) is 10.3 Å². The molecule has 0 spiro atoms. The van der Waals surface area contributed by atoms with E-state index in [0.29, 0.717) is 0 Å². The fourth-order valence-electron chi connectivity index (χ4n) is 7.23. The topological polar surface area (TPSA) is 29.3 Å². The maximum absolute atomic E-state index is 5.70. The van der Waals surface area contributed by atoms with Gasteiger partial charge in [-0.15, -0.1) is 0 Å². The van der Waals surface area contributed by atoms with E-state index >= 15 is 0 Å². The average molecular weight is 455 g/mol. The van der Waals surface area contributed by atoms with Crippen molar-refractivity contribution in [2.75, 3.05) is 0 Å². The standard InChI is InChI=1S/C32H24NO2/c1-2-8-24-21(6-1)7-5-11-25(24)28-12-15-33-29-18-32(22-13-16-34-19-22,23-14-17-35-20-23)30(31(28)33)27-10-4-3-9-26(27)29/h1-17,19-20,28-30H,18H2/q+1. The molecule has 5 heterocycles. The van der Waals surface area contributed by atoms with Crippen LogP contribution in [0, 0.1) is 0 Å². The van der Waals surface area contributed by atoms with Crippen molar-refractivity contribution in [3.63, 3.8) is 0 Å². The minimum Gasteiger partial charge on any atom is -0.472 e. The van der Waals surface area contributed by atoms with E-state index in [1.807, 2.05) is 25.1 Å². The summed E-state index contributed by atoms with van der Waals surface area (Å²) in [6, 6.07) is 29.0. The molecule has 35 heavy (non-hydrogen) atoms. The summed E-state index contributed by atoms with van der Waals surface area (Å²) in [5, 5.41) is 2.61. The number of hydrogen-bond acceptors (Lipinski definition) is 2. The summed E-state index contributed by atoms with van der Waals surface area (Å²) in [7, 11) is 0. The summed E-state index contributed by atoms with van der Waals surface area (Å²) in [5.41, 5.74) is 7.88. The summed E-state index contributed by atoms with van der Waals surface area (Å²) in [6.07, 6.45) is 13.2. The quantitative estimate of drug-likeness (QED) is 0.267. The second-order valence-electron chi connectivity index (χ2n) is 10.00. The molecule has 0 N–H and O–H groups in total. The second kappa shape index (κ2) is 6.96. The minimum atomic E-state index is -0.250. The van der Waals surface area contributed by atoms with Gasteiger partial charge in [0.15, 0.2) is 18.0 Å². The Kier molecular flexibility index (Phi) is 3.82. The molecule has 0 saturated carbocycles. The summed E-state index contributed by atoms with van der Waals surface area (Å²) < 4.78 is 14.0. The van der Waals surface area contributed by atoms with Gasteiger partial charge in [-0.1, -0.05) is 66.7 Å². The molecule has 2 bridgehead atoms. The lowest BCUT2D eigenvalue weighted by Gasteiger charge is -2.49. The first-order valence-electron chi connectivity index (χ1n) is 12.3. The van der Waals surface area contributed by atoms with Crippen molar-refractivity contribution < 1.29 is 13.4 Å². The highest BCUT2D eigenvalue weighted by Crippen LogP contribution is 2.61. The van der Waals surface area contributed by atoms with E-state index in [4.69, 9.17) is 8.83 Å². The zero-order valence-corrected chi connectivity index (χ0v) is 19.2. The zero-order valence-electron chi connectivity index (χ0n) is 19.2. The Morgan fingerprint density at radius 2 is 1.40 bits per heavy atom. The second-order valence-corrected chi connectivity index (χ2v) is 10.00. The average Bonchev–Trinajstić information content (AvgIpc) is 3.70. The molecule has 3 atom stereocenters. The molecule has 3 unspecified atom stereocenters. The number of hydrogen-bond donors (Lipinski definition) is 0. The molecule has 0 radical (unpaired) electrons. The lowest BCUT2D eigenvalue weighted by atomic mass is 9.53. The van der Waals surface area contributed by atoms with Gasteiger partial charge < -0.3 is 8.83 Å². The summed E-state index contributed by atoms with van der Waals surface area (Å²) in [6.45, 7) is 0. The van der Waals surface area contributed by atoms with E-state index in [1.165, 1.54) is 44.3 Å². The molecule has 4 aliphatic rings. The van der Waals surface area contributed by atoms with Gasteiger partial charge in [0.05, 0.1) is 36.9 Å². The molecule has 0 amide bonds. The Labute approximate surface area is 203 Å². The third-order valence-corrected chi connectivity index (χ3v) is 8.59. The van der Waals surface area contributed by atoms with Crippen LogP contribution < -0.4 is 0 Å². The predicted octanol–water partition coefficient (Wildman–Crippen LogP) is 7.32. The van der Waals surface area contributed by atoms with Crippen LogP contribution in [0.25, 0.3) is 10.8 Å². The molecular weight excluding hydrogens is 430 g/mol. The molecule has 9 rings (SSSR count). The maximum Gasteiger partial charge on any atom is 0.185 e. The molecular formula is C32H24NO2+. The lowest BCUT2D eigenvalue weighted by molar-refractivity contribution is -0.519. The minimum absolute atomic E-state index is 0.165. The van der Waals surface area contributed by atoms with Gasteiger partial charge in [-0.2, -0.15) is 4.58 Å². The van der Waals surface area contributed by atoms with Gasteiger partial charge in [-0.25, -0.2) is 0 Å². The molecule has 2 aromatic heterocycles. The molecule has 3 heteroatoms. The fourth-order valence-corrected chi connectivity index (χ4v) is 7.23. The Morgan fingerprint density at radius 1 is 0.714 bits per heavy atom. The van der Waals surface area contributed by atoms with Crippen molar-refractivity contribution in [1.29, 1.82) is 0 Å². The van der Waals surface area contributed by atoms with Crippen molar-refractivity contribution in [2.24, 2.45) is 0 Å². The van der Waals surface area contributed by atoms with E-state index in [0.717, 1.165) is 6.42 Å².